The van der Waals surface area contributed by atoms with Gasteiger partial charge in [0.1, 0.15) is 11.8 Å². The predicted molar refractivity (Wildman–Crippen MR) is 129 cm³/mol. The molecule has 2 aromatic rings. The standard InChI is InChI=1S/C22H28ClN3O6S/c1-15(26(33(4,29)30)16-10-11-20(32-3)18(23)14-16)21(27)25-19-9-6-5-8-17(19)22(28)24-12-7-13-31-2/h5-6,8-11,14-15H,7,12-13H2,1-4H3,(H,24,28)(H,25,27)/t15-/m1/s1. The Morgan fingerprint density at radius 1 is 1.15 bits per heavy atom. The van der Waals surface area contributed by atoms with Gasteiger partial charge in [-0.05, 0) is 43.7 Å². The summed E-state index contributed by atoms with van der Waals surface area (Å²) in [6, 6.07) is 9.77. The van der Waals surface area contributed by atoms with Crippen molar-refractivity contribution in [2.24, 2.45) is 0 Å². The second kappa shape index (κ2) is 11.9. The number of methoxy groups -OCH3 is 2. The number of halogens is 1. The van der Waals surface area contributed by atoms with Crippen LogP contribution in [0.5, 0.6) is 5.75 Å². The average molecular weight is 498 g/mol. The van der Waals surface area contributed by atoms with Crippen molar-refractivity contribution in [3.05, 3.63) is 53.1 Å². The van der Waals surface area contributed by atoms with Crippen molar-refractivity contribution in [1.82, 2.24) is 5.32 Å². The van der Waals surface area contributed by atoms with E-state index in [1.54, 1.807) is 31.4 Å². The maximum absolute atomic E-state index is 13.0. The fraction of sp³-hybridized carbons (Fsp3) is 0.364. The summed E-state index contributed by atoms with van der Waals surface area (Å²) in [6.07, 6.45) is 1.64. The molecule has 2 amide bonds. The zero-order valence-corrected chi connectivity index (χ0v) is 20.5. The van der Waals surface area contributed by atoms with Crippen LogP contribution < -0.4 is 19.7 Å². The summed E-state index contributed by atoms with van der Waals surface area (Å²) in [7, 11) is -0.835. The van der Waals surface area contributed by atoms with E-state index in [9.17, 15) is 18.0 Å². The van der Waals surface area contributed by atoms with Crippen LogP contribution in [0.1, 0.15) is 23.7 Å². The van der Waals surface area contributed by atoms with E-state index in [1.165, 1.54) is 32.2 Å². The van der Waals surface area contributed by atoms with Crippen molar-refractivity contribution < 1.29 is 27.5 Å². The summed E-state index contributed by atoms with van der Waals surface area (Å²) in [5.41, 5.74) is 0.726. The highest BCUT2D eigenvalue weighted by Crippen LogP contribution is 2.31. The number of carbonyl (C=O) groups excluding carboxylic acids is 2. The van der Waals surface area contributed by atoms with Gasteiger partial charge in [0.15, 0.2) is 0 Å². The first kappa shape index (κ1) is 26.4. The third kappa shape index (κ3) is 7.08. The highest BCUT2D eigenvalue weighted by molar-refractivity contribution is 7.92. The number of para-hydroxylation sites is 1. The molecule has 33 heavy (non-hydrogen) atoms. The Balaban J connectivity index is 2.26. The molecule has 2 rings (SSSR count). The van der Waals surface area contributed by atoms with E-state index in [0.29, 0.717) is 25.3 Å². The highest BCUT2D eigenvalue weighted by Gasteiger charge is 2.30. The number of rotatable bonds is 11. The Morgan fingerprint density at radius 3 is 2.45 bits per heavy atom. The lowest BCUT2D eigenvalue weighted by molar-refractivity contribution is -0.116. The largest absolute Gasteiger partial charge is 0.495 e. The van der Waals surface area contributed by atoms with Crippen LogP contribution in [0, 0.1) is 0 Å². The van der Waals surface area contributed by atoms with E-state index in [4.69, 9.17) is 21.1 Å². The number of ether oxygens (including phenoxy) is 2. The summed E-state index contributed by atoms with van der Waals surface area (Å²) < 4.78 is 36.1. The van der Waals surface area contributed by atoms with Gasteiger partial charge in [-0.25, -0.2) is 8.42 Å². The van der Waals surface area contributed by atoms with Crippen molar-refractivity contribution in [3.63, 3.8) is 0 Å². The maximum Gasteiger partial charge on any atom is 0.253 e. The molecular weight excluding hydrogens is 470 g/mol. The molecule has 2 aromatic carbocycles. The van der Waals surface area contributed by atoms with Crippen LogP contribution in [0.15, 0.2) is 42.5 Å². The summed E-state index contributed by atoms with van der Waals surface area (Å²) in [6.45, 7) is 2.36. The minimum atomic E-state index is -3.85. The molecule has 0 spiro atoms. The number of carbonyl (C=O) groups is 2. The molecular formula is C22H28ClN3O6S. The summed E-state index contributed by atoms with van der Waals surface area (Å²) in [5.74, 6) is -0.611. The first-order valence-corrected chi connectivity index (χ1v) is 12.3. The smallest absolute Gasteiger partial charge is 0.253 e. The third-order valence-corrected chi connectivity index (χ3v) is 6.26. The lowest BCUT2D eigenvalue weighted by Crippen LogP contribution is -2.45. The molecule has 0 bridgehead atoms. The average Bonchev–Trinajstić information content (AvgIpc) is 2.76. The van der Waals surface area contributed by atoms with Crippen LogP contribution in [-0.4, -0.2) is 59.9 Å². The van der Waals surface area contributed by atoms with Crippen LogP contribution >= 0.6 is 11.6 Å². The molecule has 0 radical (unpaired) electrons. The molecule has 0 saturated carbocycles. The molecule has 11 heteroatoms. The van der Waals surface area contributed by atoms with Gasteiger partial charge in [-0.15, -0.1) is 0 Å². The number of nitrogens with one attached hydrogen (secondary N) is 2. The van der Waals surface area contributed by atoms with Crippen molar-refractivity contribution in [2.45, 2.75) is 19.4 Å². The van der Waals surface area contributed by atoms with E-state index in [-0.39, 0.29) is 27.9 Å². The van der Waals surface area contributed by atoms with E-state index >= 15 is 0 Å². The number of hydrogen-bond acceptors (Lipinski definition) is 6. The molecule has 0 fully saturated rings. The van der Waals surface area contributed by atoms with Crippen molar-refractivity contribution in [2.75, 3.05) is 43.2 Å². The second-order valence-electron chi connectivity index (χ2n) is 7.19. The van der Waals surface area contributed by atoms with Gasteiger partial charge >= 0.3 is 0 Å². The molecule has 0 aromatic heterocycles. The maximum atomic E-state index is 13.0. The first-order chi connectivity index (χ1) is 15.6. The fourth-order valence-electron chi connectivity index (χ4n) is 3.14. The summed E-state index contributed by atoms with van der Waals surface area (Å²) in [5, 5.41) is 5.63. The van der Waals surface area contributed by atoms with E-state index in [2.05, 4.69) is 10.6 Å². The number of anilines is 2. The number of hydrogen-bond donors (Lipinski definition) is 2. The topological polar surface area (TPSA) is 114 Å². The third-order valence-electron chi connectivity index (χ3n) is 4.72. The Kier molecular flexibility index (Phi) is 9.51. The Morgan fingerprint density at radius 2 is 1.85 bits per heavy atom. The van der Waals surface area contributed by atoms with Crippen LogP contribution in [0.2, 0.25) is 5.02 Å². The molecule has 0 aliphatic rings. The Labute approximate surface area is 199 Å². The molecule has 0 heterocycles. The molecule has 2 N–H and O–H groups in total. The minimum Gasteiger partial charge on any atom is -0.495 e. The van der Waals surface area contributed by atoms with Crippen molar-refractivity contribution >= 4 is 44.8 Å². The second-order valence-corrected chi connectivity index (χ2v) is 9.46. The van der Waals surface area contributed by atoms with Gasteiger partial charge in [0.25, 0.3) is 5.91 Å². The van der Waals surface area contributed by atoms with Gasteiger partial charge in [0.05, 0.1) is 35.3 Å². The lowest BCUT2D eigenvalue weighted by Gasteiger charge is -2.28. The fourth-order valence-corrected chi connectivity index (χ4v) is 4.56. The lowest BCUT2D eigenvalue weighted by atomic mass is 10.1. The molecule has 0 aliphatic heterocycles. The highest BCUT2D eigenvalue weighted by atomic mass is 35.5. The van der Waals surface area contributed by atoms with Gasteiger partial charge in [0.2, 0.25) is 15.9 Å². The van der Waals surface area contributed by atoms with Crippen LogP contribution in [0.25, 0.3) is 0 Å². The molecule has 9 nitrogen and oxygen atoms in total. The van der Waals surface area contributed by atoms with Gasteiger partial charge in [-0.2, -0.15) is 0 Å². The van der Waals surface area contributed by atoms with Gasteiger partial charge in [-0.3, -0.25) is 13.9 Å². The number of sulfonamides is 1. The number of nitrogens with zero attached hydrogens (tertiary/aromatic N) is 1. The van der Waals surface area contributed by atoms with E-state index < -0.39 is 22.0 Å². The normalized spacial score (nSPS) is 12.0. The first-order valence-electron chi connectivity index (χ1n) is 10.1. The Bertz CT molecular complexity index is 1090. The molecule has 0 saturated heterocycles. The van der Waals surface area contributed by atoms with Crippen molar-refractivity contribution in [1.29, 1.82) is 0 Å². The van der Waals surface area contributed by atoms with E-state index in [0.717, 1.165) is 10.6 Å². The number of benzene rings is 2. The van der Waals surface area contributed by atoms with Crippen LogP contribution in [0.4, 0.5) is 11.4 Å². The van der Waals surface area contributed by atoms with Gasteiger partial charge < -0.3 is 20.1 Å². The van der Waals surface area contributed by atoms with Gasteiger partial charge in [0, 0.05) is 20.3 Å². The molecule has 1 atom stereocenters. The molecule has 0 unspecified atom stereocenters. The number of amides is 2. The zero-order valence-electron chi connectivity index (χ0n) is 18.9. The summed E-state index contributed by atoms with van der Waals surface area (Å²) >= 11 is 6.16. The zero-order chi connectivity index (χ0) is 24.6. The van der Waals surface area contributed by atoms with Crippen LogP contribution in [0.3, 0.4) is 0 Å². The Hall–Kier alpha value is -2.82. The minimum absolute atomic E-state index is 0.201. The van der Waals surface area contributed by atoms with E-state index in [1.807, 2.05) is 0 Å². The quantitative estimate of drug-likeness (QED) is 0.461. The predicted octanol–water partition coefficient (Wildman–Crippen LogP) is 2.91. The van der Waals surface area contributed by atoms with Crippen LogP contribution in [-0.2, 0) is 19.6 Å². The van der Waals surface area contributed by atoms with Gasteiger partial charge in [-0.1, -0.05) is 23.7 Å². The summed E-state index contributed by atoms with van der Waals surface area (Å²) in [4.78, 5) is 25.6. The SMILES string of the molecule is COCCCNC(=O)c1ccccc1NC(=O)[C@@H](C)N(c1ccc(OC)c(Cl)c1)S(C)(=O)=O. The molecule has 0 aliphatic carbocycles. The van der Waals surface area contributed by atoms with Crippen molar-refractivity contribution in [3.8, 4) is 5.75 Å². The monoisotopic (exact) mass is 497 g/mol. The molecule has 180 valence electrons.